The van der Waals surface area contributed by atoms with E-state index in [1.165, 1.54) is 6.07 Å². The molecule has 4 rings (SSSR count). The zero-order chi connectivity index (χ0) is 20.4. The molecule has 0 saturated heterocycles. The Kier molecular flexibility index (Phi) is 4.90. The standard InChI is InChI=1S/C21H19FN4O3/c1-26-9-7-21(25-26)24-13-4-5-18(15(22)10-13)29-17-6-8-23-16-12-20(28-3)19(27-2)11-14(16)17/h4-12H,1-3H3,(H,24,25). The van der Waals surface area contributed by atoms with Crippen LogP contribution in [0.2, 0.25) is 0 Å². The third kappa shape index (κ3) is 3.77. The van der Waals surface area contributed by atoms with Crippen molar-refractivity contribution in [3.05, 3.63) is 60.7 Å². The number of benzene rings is 2. The van der Waals surface area contributed by atoms with E-state index in [-0.39, 0.29) is 5.75 Å². The van der Waals surface area contributed by atoms with Crippen LogP contribution in [0.4, 0.5) is 15.9 Å². The Balaban J connectivity index is 1.64. The summed E-state index contributed by atoms with van der Waals surface area (Å²) in [6, 6.07) is 11.6. The van der Waals surface area contributed by atoms with Gasteiger partial charge in [-0.2, -0.15) is 5.10 Å². The molecule has 7 nitrogen and oxygen atoms in total. The molecule has 2 heterocycles. The minimum Gasteiger partial charge on any atom is -0.493 e. The fourth-order valence-corrected chi connectivity index (χ4v) is 2.95. The summed E-state index contributed by atoms with van der Waals surface area (Å²) >= 11 is 0. The van der Waals surface area contributed by atoms with Crippen molar-refractivity contribution < 1.29 is 18.6 Å². The van der Waals surface area contributed by atoms with Gasteiger partial charge in [0.2, 0.25) is 0 Å². The number of ether oxygens (including phenoxy) is 3. The van der Waals surface area contributed by atoms with Crippen LogP contribution in [0.25, 0.3) is 10.9 Å². The zero-order valence-corrected chi connectivity index (χ0v) is 16.1. The number of hydrogen-bond donors (Lipinski definition) is 1. The number of pyridine rings is 1. The van der Waals surface area contributed by atoms with Gasteiger partial charge in [0.25, 0.3) is 0 Å². The Labute approximate surface area is 166 Å². The Morgan fingerprint density at radius 2 is 1.72 bits per heavy atom. The van der Waals surface area contributed by atoms with Gasteiger partial charge in [-0.3, -0.25) is 9.67 Å². The Hall–Kier alpha value is -3.81. The van der Waals surface area contributed by atoms with Crippen LogP contribution in [-0.4, -0.2) is 29.0 Å². The second kappa shape index (κ2) is 7.67. The lowest BCUT2D eigenvalue weighted by Gasteiger charge is -2.13. The molecule has 4 aromatic rings. The van der Waals surface area contributed by atoms with Crippen LogP contribution in [0.3, 0.4) is 0 Å². The highest BCUT2D eigenvalue weighted by Crippen LogP contribution is 2.37. The van der Waals surface area contributed by atoms with Crippen molar-refractivity contribution in [2.45, 2.75) is 0 Å². The van der Waals surface area contributed by atoms with Gasteiger partial charge >= 0.3 is 0 Å². The fraction of sp³-hybridized carbons (Fsp3) is 0.143. The summed E-state index contributed by atoms with van der Waals surface area (Å²) in [5.41, 5.74) is 1.22. The number of methoxy groups -OCH3 is 2. The maximum Gasteiger partial charge on any atom is 0.167 e. The SMILES string of the molecule is COc1cc2nccc(Oc3ccc(Nc4ccn(C)n4)cc3F)c2cc1OC. The summed E-state index contributed by atoms with van der Waals surface area (Å²) < 4.78 is 32.8. The van der Waals surface area contributed by atoms with Crippen molar-refractivity contribution >= 4 is 22.4 Å². The lowest BCUT2D eigenvalue weighted by atomic mass is 10.2. The molecule has 0 saturated carbocycles. The van der Waals surface area contributed by atoms with Crippen molar-refractivity contribution in [3.63, 3.8) is 0 Å². The molecule has 0 radical (unpaired) electrons. The van der Waals surface area contributed by atoms with Gasteiger partial charge in [-0.25, -0.2) is 4.39 Å². The van der Waals surface area contributed by atoms with Crippen LogP contribution < -0.4 is 19.5 Å². The number of halogens is 1. The van der Waals surface area contributed by atoms with Gasteiger partial charge in [0, 0.05) is 48.7 Å². The van der Waals surface area contributed by atoms with E-state index in [2.05, 4.69) is 15.4 Å². The first-order chi connectivity index (χ1) is 14.1. The molecule has 8 heteroatoms. The molecule has 0 fully saturated rings. The molecule has 0 aliphatic carbocycles. The van der Waals surface area contributed by atoms with E-state index in [0.29, 0.717) is 39.7 Å². The van der Waals surface area contributed by atoms with Crippen LogP contribution in [0.5, 0.6) is 23.0 Å². The number of rotatable bonds is 6. The first-order valence-electron chi connectivity index (χ1n) is 8.82. The summed E-state index contributed by atoms with van der Waals surface area (Å²) in [4.78, 5) is 4.32. The largest absolute Gasteiger partial charge is 0.493 e. The van der Waals surface area contributed by atoms with Crippen molar-refractivity contribution in [1.82, 2.24) is 14.8 Å². The molecule has 0 unspecified atom stereocenters. The monoisotopic (exact) mass is 394 g/mol. The highest BCUT2D eigenvalue weighted by molar-refractivity contribution is 5.88. The van der Waals surface area contributed by atoms with Crippen molar-refractivity contribution in [3.8, 4) is 23.0 Å². The summed E-state index contributed by atoms with van der Waals surface area (Å²) in [6.45, 7) is 0. The average Bonchev–Trinajstić information content (AvgIpc) is 3.13. The fourth-order valence-electron chi connectivity index (χ4n) is 2.95. The molecule has 0 spiro atoms. The van der Waals surface area contributed by atoms with Crippen LogP contribution in [-0.2, 0) is 7.05 Å². The number of nitrogens with one attached hydrogen (secondary N) is 1. The second-order valence-electron chi connectivity index (χ2n) is 6.28. The van der Waals surface area contributed by atoms with E-state index >= 15 is 0 Å². The Bertz CT molecular complexity index is 1180. The van der Waals surface area contributed by atoms with E-state index in [0.717, 1.165) is 0 Å². The molecular weight excluding hydrogens is 375 g/mol. The summed E-state index contributed by atoms with van der Waals surface area (Å²) in [5.74, 6) is 1.77. The molecule has 0 atom stereocenters. The molecule has 148 valence electrons. The van der Waals surface area contributed by atoms with Crippen LogP contribution in [0.15, 0.2) is 54.9 Å². The summed E-state index contributed by atoms with van der Waals surface area (Å²) in [7, 11) is 4.92. The third-order valence-corrected chi connectivity index (χ3v) is 4.34. The summed E-state index contributed by atoms with van der Waals surface area (Å²) in [5, 5.41) is 7.94. The molecular formula is C21H19FN4O3. The quantitative estimate of drug-likeness (QED) is 0.513. The van der Waals surface area contributed by atoms with Crippen molar-refractivity contribution in [2.24, 2.45) is 7.05 Å². The van der Waals surface area contributed by atoms with Crippen molar-refractivity contribution in [2.75, 3.05) is 19.5 Å². The molecule has 2 aromatic heterocycles. The molecule has 1 N–H and O–H groups in total. The van der Waals surface area contributed by atoms with E-state index < -0.39 is 5.82 Å². The normalized spacial score (nSPS) is 10.8. The molecule has 2 aromatic carbocycles. The number of anilines is 2. The van der Waals surface area contributed by atoms with Crippen LogP contribution in [0, 0.1) is 5.82 Å². The topological polar surface area (TPSA) is 70.4 Å². The van der Waals surface area contributed by atoms with E-state index in [9.17, 15) is 4.39 Å². The maximum atomic E-state index is 14.7. The van der Waals surface area contributed by atoms with Gasteiger partial charge in [-0.05, 0) is 24.3 Å². The Morgan fingerprint density at radius 1 is 0.931 bits per heavy atom. The smallest absolute Gasteiger partial charge is 0.167 e. The number of aryl methyl sites for hydroxylation is 1. The van der Waals surface area contributed by atoms with Gasteiger partial charge in [0.15, 0.2) is 28.9 Å². The lowest BCUT2D eigenvalue weighted by molar-refractivity contribution is 0.355. The van der Waals surface area contributed by atoms with E-state index in [1.54, 1.807) is 67.7 Å². The van der Waals surface area contributed by atoms with Crippen LogP contribution in [0.1, 0.15) is 0 Å². The number of aromatic nitrogens is 3. The number of nitrogens with zero attached hydrogens (tertiary/aromatic N) is 3. The highest BCUT2D eigenvalue weighted by Gasteiger charge is 2.13. The van der Waals surface area contributed by atoms with Crippen LogP contribution >= 0.6 is 0 Å². The van der Waals surface area contributed by atoms with Gasteiger partial charge in [-0.1, -0.05) is 0 Å². The summed E-state index contributed by atoms with van der Waals surface area (Å²) in [6.07, 6.45) is 3.40. The zero-order valence-electron chi connectivity index (χ0n) is 16.1. The second-order valence-corrected chi connectivity index (χ2v) is 6.28. The first-order valence-corrected chi connectivity index (χ1v) is 8.82. The molecule has 0 aliphatic rings. The predicted molar refractivity (Wildman–Crippen MR) is 108 cm³/mol. The average molecular weight is 394 g/mol. The van der Waals surface area contributed by atoms with Gasteiger partial charge < -0.3 is 19.5 Å². The Morgan fingerprint density at radius 3 is 2.41 bits per heavy atom. The predicted octanol–water partition coefficient (Wildman–Crippen LogP) is 4.66. The third-order valence-electron chi connectivity index (χ3n) is 4.34. The minimum atomic E-state index is -0.503. The minimum absolute atomic E-state index is 0.0962. The number of fused-ring (bicyclic) bond motifs is 1. The highest BCUT2D eigenvalue weighted by atomic mass is 19.1. The van der Waals surface area contributed by atoms with E-state index in [4.69, 9.17) is 14.2 Å². The maximum absolute atomic E-state index is 14.7. The van der Waals surface area contributed by atoms with E-state index in [1.807, 2.05) is 7.05 Å². The van der Waals surface area contributed by atoms with Gasteiger partial charge in [-0.15, -0.1) is 0 Å². The molecule has 29 heavy (non-hydrogen) atoms. The lowest BCUT2D eigenvalue weighted by Crippen LogP contribution is -1.96. The number of hydrogen-bond acceptors (Lipinski definition) is 6. The molecule has 0 aliphatic heterocycles. The molecule has 0 bridgehead atoms. The van der Waals surface area contributed by atoms with Gasteiger partial charge in [0.1, 0.15) is 5.75 Å². The van der Waals surface area contributed by atoms with Gasteiger partial charge in [0.05, 0.1) is 19.7 Å². The van der Waals surface area contributed by atoms with Crippen molar-refractivity contribution in [1.29, 1.82) is 0 Å². The first kappa shape index (κ1) is 18.5. The molecule has 0 amide bonds.